The van der Waals surface area contributed by atoms with Crippen LogP contribution >= 0.6 is 0 Å². The molecule has 0 bridgehead atoms. The molecule has 0 radical (unpaired) electrons. The van der Waals surface area contributed by atoms with Crippen molar-refractivity contribution < 1.29 is 0 Å². The molecule has 20 heavy (non-hydrogen) atoms. The fourth-order valence-electron chi connectivity index (χ4n) is 3.54. The van der Waals surface area contributed by atoms with E-state index < -0.39 is 0 Å². The van der Waals surface area contributed by atoms with Gasteiger partial charge >= 0.3 is 0 Å². The SMILES string of the molecule is C[C@@H]1CN(C2CCCCC2)CCN1.C[C@@H]1CNCCN1. The molecule has 0 spiro atoms. The maximum Gasteiger partial charge on any atom is 0.0167 e. The van der Waals surface area contributed by atoms with E-state index in [1.54, 1.807) is 0 Å². The Labute approximate surface area is 125 Å². The quantitative estimate of drug-likeness (QED) is 0.675. The Balaban J connectivity index is 0.000000178. The number of hydrogen-bond donors (Lipinski definition) is 3. The van der Waals surface area contributed by atoms with Crippen molar-refractivity contribution in [2.75, 3.05) is 39.3 Å². The molecule has 0 unspecified atom stereocenters. The summed E-state index contributed by atoms with van der Waals surface area (Å²) < 4.78 is 0. The zero-order valence-corrected chi connectivity index (χ0v) is 13.5. The monoisotopic (exact) mass is 282 g/mol. The summed E-state index contributed by atoms with van der Waals surface area (Å²) in [6.45, 7) is 11.6. The predicted octanol–water partition coefficient (Wildman–Crippen LogP) is 1.18. The molecule has 1 saturated carbocycles. The first kappa shape index (κ1) is 16.2. The fourth-order valence-corrected chi connectivity index (χ4v) is 3.54. The third-order valence-corrected chi connectivity index (χ3v) is 4.74. The molecule has 3 aliphatic rings. The lowest BCUT2D eigenvalue weighted by atomic mass is 9.93. The first-order valence-corrected chi connectivity index (χ1v) is 8.67. The molecule has 2 heterocycles. The number of rotatable bonds is 1. The van der Waals surface area contributed by atoms with Crippen LogP contribution in [0.15, 0.2) is 0 Å². The van der Waals surface area contributed by atoms with E-state index in [-0.39, 0.29) is 0 Å². The summed E-state index contributed by atoms with van der Waals surface area (Å²) in [5.74, 6) is 0. The van der Waals surface area contributed by atoms with Gasteiger partial charge in [0.1, 0.15) is 0 Å². The Bertz CT molecular complexity index is 247. The van der Waals surface area contributed by atoms with Crippen LogP contribution in [-0.4, -0.2) is 62.3 Å². The maximum absolute atomic E-state index is 3.51. The van der Waals surface area contributed by atoms with Crippen LogP contribution in [0.25, 0.3) is 0 Å². The Morgan fingerprint density at radius 1 is 0.850 bits per heavy atom. The molecule has 3 N–H and O–H groups in total. The van der Waals surface area contributed by atoms with Crippen molar-refractivity contribution in [1.29, 1.82) is 0 Å². The van der Waals surface area contributed by atoms with Gasteiger partial charge in [-0.2, -0.15) is 0 Å². The molecule has 0 aromatic heterocycles. The summed E-state index contributed by atoms with van der Waals surface area (Å²) in [5.41, 5.74) is 0. The van der Waals surface area contributed by atoms with E-state index in [0.29, 0.717) is 12.1 Å². The van der Waals surface area contributed by atoms with Crippen LogP contribution in [-0.2, 0) is 0 Å². The molecule has 4 nitrogen and oxygen atoms in total. The first-order chi connectivity index (χ1) is 9.75. The van der Waals surface area contributed by atoms with Crippen molar-refractivity contribution >= 4 is 0 Å². The van der Waals surface area contributed by atoms with E-state index in [1.807, 2.05) is 0 Å². The van der Waals surface area contributed by atoms with Gasteiger partial charge in [-0.1, -0.05) is 19.3 Å². The second-order valence-corrected chi connectivity index (χ2v) is 6.70. The minimum absolute atomic E-state index is 0.675. The molecule has 3 fully saturated rings. The summed E-state index contributed by atoms with van der Waals surface area (Å²) in [4.78, 5) is 2.71. The lowest BCUT2D eigenvalue weighted by Crippen LogP contribution is -2.53. The maximum atomic E-state index is 3.51. The Morgan fingerprint density at radius 2 is 1.60 bits per heavy atom. The highest BCUT2D eigenvalue weighted by molar-refractivity contribution is 4.82. The zero-order valence-electron chi connectivity index (χ0n) is 13.5. The van der Waals surface area contributed by atoms with Gasteiger partial charge in [-0.3, -0.25) is 4.90 Å². The zero-order chi connectivity index (χ0) is 14.2. The number of nitrogens with zero attached hydrogens (tertiary/aromatic N) is 1. The Morgan fingerprint density at radius 3 is 2.15 bits per heavy atom. The van der Waals surface area contributed by atoms with Gasteiger partial charge in [0, 0.05) is 57.4 Å². The van der Waals surface area contributed by atoms with Gasteiger partial charge in [-0.15, -0.1) is 0 Å². The number of piperazine rings is 2. The van der Waals surface area contributed by atoms with Gasteiger partial charge in [0.15, 0.2) is 0 Å². The van der Waals surface area contributed by atoms with Crippen molar-refractivity contribution in [2.24, 2.45) is 0 Å². The van der Waals surface area contributed by atoms with Crippen LogP contribution in [0.2, 0.25) is 0 Å². The molecule has 118 valence electrons. The van der Waals surface area contributed by atoms with Gasteiger partial charge in [0.05, 0.1) is 0 Å². The Kier molecular flexibility index (Phi) is 7.28. The van der Waals surface area contributed by atoms with E-state index in [4.69, 9.17) is 0 Å². The normalized spacial score (nSPS) is 33.3. The topological polar surface area (TPSA) is 39.3 Å². The molecule has 2 atom stereocenters. The highest BCUT2D eigenvalue weighted by Crippen LogP contribution is 2.23. The van der Waals surface area contributed by atoms with Crippen LogP contribution < -0.4 is 16.0 Å². The molecule has 1 aliphatic carbocycles. The van der Waals surface area contributed by atoms with Crippen LogP contribution in [0.5, 0.6) is 0 Å². The molecule has 2 aliphatic heterocycles. The van der Waals surface area contributed by atoms with Crippen LogP contribution in [0.1, 0.15) is 46.0 Å². The summed E-state index contributed by atoms with van der Waals surface area (Å²) in [6.07, 6.45) is 7.30. The highest BCUT2D eigenvalue weighted by Gasteiger charge is 2.24. The second kappa shape index (κ2) is 8.98. The number of nitrogens with one attached hydrogen (secondary N) is 3. The Hall–Kier alpha value is -0.160. The van der Waals surface area contributed by atoms with E-state index >= 15 is 0 Å². The largest absolute Gasteiger partial charge is 0.314 e. The second-order valence-electron chi connectivity index (χ2n) is 6.70. The molecular weight excluding hydrogens is 248 g/mol. The van der Waals surface area contributed by atoms with Crippen molar-refractivity contribution in [3.05, 3.63) is 0 Å². The van der Waals surface area contributed by atoms with Crippen molar-refractivity contribution in [3.63, 3.8) is 0 Å². The van der Waals surface area contributed by atoms with E-state index in [1.165, 1.54) is 51.7 Å². The van der Waals surface area contributed by atoms with Gasteiger partial charge in [-0.05, 0) is 26.7 Å². The first-order valence-electron chi connectivity index (χ1n) is 8.67. The third kappa shape index (κ3) is 5.68. The van der Waals surface area contributed by atoms with Crippen LogP contribution in [0.3, 0.4) is 0 Å². The lowest BCUT2D eigenvalue weighted by Gasteiger charge is -2.39. The summed E-state index contributed by atoms with van der Waals surface area (Å²) in [5, 5.41) is 10.1. The van der Waals surface area contributed by atoms with E-state index in [9.17, 15) is 0 Å². The fraction of sp³-hybridized carbons (Fsp3) is 1.00. The minimum Gasteiger partial charge on any atom is -0.314 e. The summed E-state index contributed by atoms with van der Waals surface area (Å²) in [6, 6.07) is 2.29. The highest BCUT2D eigenvalue weighted by atomic mass is 15.2. The van der Waals surface area contributed by atoms with Gasteiger partial charge in [0.2, 0.25) is 0 Å². The van der Waals surface area contributed by atoms with E-state index in [0.717, 1.165) is 25.7 Å². The standard InChI is InChI=1S/C11H22N2.C5H12N2/c1-10-9-13(8-7-12-10)11-5-3-2-4-6-11;1-5-4-6-2-3-7-5/h10-12H,2-9H2,1H3;5-7H,2-4H2,1H3/t10-;5-/m11/s1. The predicted molar refractivity (Wildman–Crippen MR) is 86.2 cm³/mol. The van der Waals surface area contributed by atoms with E-state index in [2.05, 4.69) is 34.7 Å². The van der Waals surface area contributed by atoms with Crippen LogP contribution in [0.4, 0.5) is 0 Å². The molecular formula is C16H34N4. The molecule has 0 aromatic carbocycles. The minimum atomic E-state index is 0.675. The van der Waals surface area contributed by atoms with Gasteiger partial charge < -0.3 is 16.0 Å². The summed E-state index contributed by atoms with van der Waals surface area (Å²) in [7, 11) is 0. The molecule has 0 aromatic rings. The van der Waals surface area contributed by atoms with Gasteiger partial charge in [0.25, 0.3) is 0 Å². The van der Waals surface area contributed by atoms with Crippen molar-refractivity contribution in [2.45, 2.75) is 64.1 Å². The molecule has 4 heteroatoms. The van der Waals surface area contributed by atoms with Crippen molar-refractivity contribution in [1.82, 2.24) is 20.9 Å². The third-order valence-electron chi connectivity index (χ3n) is 4.74. The van der Waals surface area contributed by atoms with Gasteiger partial charge in [-0.25, -0.2) is 0 Å². The molecule has 3 rings (SSSR count). The van der Waals surface area contributed by atoms with Crippen molar-refractivity contribution in [3.8, 4) is 0 Å². The van der Waals surface area contributed by atoms with Crippen LogP contribution in [0, 0.1) is 0 Å². The molecule has 2 saturated heterocycles. The average Bonchev–Trinajstić information content (AvgIpc) is 2.50. The summed E-state index contributed by atoms with van der Waals surface area (Å²) >= 11 is 0. The average molecular weight is 282 g/mol. The molecule has 0 amide bonds. The number of hydrogen-bond acceptors (Lipinski definition) is 4. The lowest BCUT2D eigenvalue weighted by molar-refractivity contribution is 0.119. The smallest absolute Gasteiger partial charge is 0.0167 e.